The Morgan fingerprint density at radius 3 is 2.00 bits per heavy atom. The number of nitrogens with two attached hydrogens (primary N) is 1. The van der Waals surface area contributed by atoms with Gasteiger partial charge in [0.2, 0.25) is 5.91 Å². The van der Waals surface area contributed by atoms with Gasteiger partial charge in [-0.1, -0.05) is 52.5 Å². The number of carbonyl (C=O) groups is 1. The zero-order valence-electron chi connectivity index (χ0n) is 9.38. The number of carbonyl (C=O) groups excluding carboxylic acids is 1. The molecule has 0 aliphatic heterocycles. The standard InChI is InChI=1S/C13H7Cl4NO/c14-7-4-10(16)12(11(17)5-7)6-1-2-9(15)8(3-6)13(18)19/h1-5H,(H2,18,19). The third-order valence-corrected chi connectivity index (χ3v) is 3.67. The van der Waals surface area contributed by atoms with Gasteiger partial charge in [0.05, 0.1) is 20.6 Å². The lowest BCUT2D eigenvalue weighted by molar-refractivity contribution is 0.100. The fourth-order valence-electron chi connectivity index (χ4n) is 1.69. The van der Waals surface area contributed by atoms with Crippen LogP contribution in [0.15, 0.2) is 30.3 Å². The van der Waals surface area contributed by atoms with E-state index in [-0.39, 0.29) is 10.6 Å². The highest BCUT2D eigenvalue weighted by atomic mass is 35.5. The number of primary amides is 1. The molecule has 2 rings (SSSR count). The third kappa shape index (κ3) is 2.98. The van der Waals surface area contributed by atoms with Crippen LogP contribution in [0, 0.1) is 0 Å². The van der Waals surface area contributed by atoms with Crippen LogP contribution < -0.4 is 5.73 Å². The van der Waals surface area contributed by atoms with Crippen molar-refractivity contribution in [2.75, 3.05) is 0 Å². The summed E-state index contributed by atoms with van der Waals surface area (Å²) in [6.07, 6.45) is 0. The largest absolute Gasteiger partial charge is 0.366 e. The zero-order chi connectivity index (χ0) is 14.2. The second-order valence-corrected chi connectivity index (χ2v) is 5.46. The summed E-state index contributed by atoms with van der Waals surface area (Å²) in [4.78, 5) is 11.3. The Morgan fingerprint density at radius 1 is 0.895 bits per heavy atom. The molecule has 0 saturated carbocycles. The highest BCUT2D eigenvalue weighted by Gasteiger charge is 2.14. The minimum atomic E-state index is -0.618. The molecule has 6 heteroatoms. The van der Waals surface area contributed by atoms with Crippen LogP contribution in [0.4, 0.5) is 0 Å². The molecule has 19 heavy (non-hydrogen) atoms. The summed E-state index contributed by atoms with van der Waals surface area (Å²) in [6, 6.07) is 7.96. The summed E-state index contributed by atoms with van der Waals surface area (Å²) >= 11 is 24.0. The van der Waals surface area contributed by atoms with E-state index in [1.165, 1.54) is 0 Å². The Balaban J connectivity index is 2.66. The molecule has 0 bridgehead atoms. The van der Waals surface area contributed by atoms with E-state index in [1.807, 2.05) is 0 Å². The molecule has 0 aliphatic rings. The highest BCUT2D eigenvalue weighted by Crippen LogP contribution is 2.38. The number of rotatable bonds is 2. The predicted octanol–water partition coefficient (Wildman–Crippen LogP) is 5.07. The van der Waals surface area contributed by atoms with Crippen LogP contribution in [0.25, 0.3) is 11.1 Å². The van der Waals surface area contributed by atoms with E-state index in [0.717, 1.165) is 0 Å². The average Bonchev–Trinajstić information content (AvgIpc) is 2.29. The molecule has 2 aromatic rings. The second kappa shape index (κ2) is 5.59. The van der Waals surface area contributed by atoms with E-state index < -0.39 is 5.91 Å². The molecule has 2 aromatic carbocycles. The van der Waals surface area contributed by atoms with Gasteiger partial charge in [0.1, 0.15) is 0 Å². The summed E-state index contributed by atoms with van der Waals surface area (Å²) in [6.45, 7) is 0. The van der Waals surface area contributed by atoms with Gasteiger partial charge in [-0.2, -0.15) is 0 Å². The van der Waals surface area contributed by atoms with Crippen molar-refractivity contribution >= 4 is 52.3 Å². The topological polar surface area (TPSA) is 43.1 Å². The molecule has 1 amide bonds. The van der Waals surface area contributed by atoms with Crippen LogP contribution in [-0.2, 0) is 0 Å². The lowest BCUT2D eigenvalue weighted by Gasteiger charge is -2.10. The third-order valence-electron chi connectivity index (χ3n) is 2.53. The van der Waals surface area contributed by atoms with Crippen LogP contribution in [-0.4, -0.2) is 5.91 Å². The van der Waals surface area contributed by atoms with E-state index in [2.05, 4.69) is 0 Å². The molecule has 0 fully saturated rings. The minimum Gasteiger partial charge on any atom is -0.366 e. The van der Waals surface area contributed by atoms with Crippen LogP contribution in [0.2, 0.25) is 20.1 Å². The number of amides is 1. The Kier molecular flexibility index (Phi) is 4.26. The van der Waals surface area contributed by atoms with Crippen molar-refractivity contribution < 1.29 is 4.79 Å². The van der Waals surface area contributed by atoms with E-state index in [1.54, 1.807) is 30.3 Å². The van der Waals surface area contributed by atoms with Crippen LogP contribution in [0.5, 0.6) is 0 Å². The Morgan fingerprint density at radius 2 is 1.47 bits per heavy atom. The number of halogens is 4. The Bertz CT molecular complexity index is 647. The van der Waals surface area contributed by atoms with Gasteiger partial charge in [-0.25, -0.2) is 0 Å². The number of benzene rings is 2. The summed E-state index contributed by atoms with van der Waals surface area (Å²) in [5, 5.41) is 1.48. The first-order valence-electron chi connectivity index (χ1n) is 5.14. The van der Waals surface area contributed by atoms with Gasteiger partial charge >= 0.3 is 0 Å². The molecule has 0 saturated heterocycles. The van der Waals surface area contributed by atoms with Crippen LogP contribution >= 0.6 is 46.4 Å². The maximum atomic E-state index is 11.3. The van der Waals surface area contributed by atoms with Gasteiger partial charge in [0.25, 0.3) is 0 Å². The first kappa shape index (κ1) is 14.5. The van der Waals surface area contributed by atoms with Crippen molar-refractivity contribution in [3.8, 4) is 11.1 Å². The van der Waals surface area contributed by atoms with Crippen molar-refractivity contribution in [1.29, 1.82) is 0 Å². The normalized spacial score (nSPS) is 10.5. The Labute approximate surface area is 130 Å². The maximum absolute atomic E-state index is 11.3. The van der Waals surface area contributed by atoms with E-state index in [4.69, 9.17) is 52.1 Å². The quantitative estimate of drug-likeness (QED) is 0.818. The summed E-state index contributed by atoms with van der Waals surface area (Å²) < 4.78 is 0. The van der Waals surface area contributed by atoms with E-state index in [0.29, 0.717) is 26.2 Å². The van der Waals surface area contributed by atoms with Gasteiger partial charge in [0.15, 0.2) is 0 Å². The molecule has 2 N–H and O–H groups in total. The minimum absolute atomic E-state index is 0.209. The molecule has 0 spiro atoms. The fraction of sp³-hybridized carbons (Fsp3) is 0. The van der Waals surface area contributed by atoms with Gasteiger partial charge in [-0.3, -0.25) is 4.79 Å². The zero-order valence-corrected chi connectivity index (χ0v) is 12.4. The Hall–Kier alpha value is -0.930. The number of hydrogen-bond acceptors (Lipinski definition) is 1. The predicted molar refractivity (Wildman–Crippen MR) is 80.4 cm³/mol. The molecule has 0 atom stereocenters. The summed E-state index contributed by atoms with van der Waals surface area (Å²) in [7, 11) is 0. The van der Waals surface area contributed by atoms with Crippen molar-refractivity contribution in [2.24, 2.45) is 5.73 Å². The smallest absolute Gasteiger partial charge is 0.250 e. The summed E-state index contributed by atoms with van der Waals surface area (Å²) in [5.74, 6) is -0.618. The van der Waals surface area contributed by atoms with Gasteiger partial charge in [-0.15, -0.1) is 0 Å². The van der Waals surface area contributed by atoms with Crippen LogP contribution in [0.3, 0.4) is 0 Å². The maximum Gasteiger partial charge on any atom is 0.250 e. The molecular weight excluding hydrogens is 328 g/mol. The molecule has 0 unspecified atom stereocenters. The molecular formula is C13H7Cl4NO. The monoisotopic (exact) mass is 333 g/mol. The van der Waals surface area contributed by atoms with E-state index in [9.17, 15) is 4.79 Å². The van der Waals surface area contributed by atoms with Crippen molar-refractivity contribution in [1.82, 2.24) is 0 Å². The van der Waals surface area contributed by atoms with Gasteiger partial charge in [-0.05, 0) is 29.8 Å². The molecule has 2 nitrogen and oxygen atoms in total. The second-order valence-electron chi connectivity index (χ2n) is 3.80. The SMILES string of the molecule is NC(=O)c1cc(-c2c(Cl)cc(Cl)cc2Cl)ccc1Cl. The molecule has 98 valence electrons. The molecule has 0 aliphatic carbocycles. The lowest BCUT2D eigenvalue weighted by Crippen LogP contribution is -2.11. The van der Waals surface area contributed by atoms with Crippen molar-refractivity contribution in [3.63, 3.8) is 0 Å². The summed E-state index contributed by atoms with van der Waals surface area (Å²) in [5.41, 5.74) is 6.68. The van der Waals surface area contributed by atoms with Crippen molar-refractivity contribution in [3.05, 3.63) is 56.0 Å². The van der Waals surface area contributed by atoms with Gasteiger partial charge < -0.3 is 5.73 Å². The molecule has 0 radical (unpaired) electrons. The highest BCUT2D eigenvalue weighted by molar-refractivity contribution is 6.42. The van der Waals surface area contributed by atoms with Crippen molar-refractivity contribution in [2.45, 2.75) is 0 Å². The van der Waals surface area contributed by atoms with Gasteiger partial charge in [0, 0.05) is 10.6 Å². The van der Waals surface area contributed by atoms with E-state index >= 15 is 0 Å². The number of hydrogen-bond donors (Lipinski definition) is 1. The lowest BCUT2D eigenvalue weighted by atomic mass is 10.0. The van der Waals surface area contributed by atoms with Crippen LogP contribution in [0.1, 0.15) is 10.4 Å². The first-order chi connectivity index (χ1) is 8.90. The average molecular weight is 335 g/mol. The molecule has 0 aromatic heterocycles. The fourth-order valence-corrected chi connectivity index (χ4v) is 2.93. The first-order valence-corrected chi connectivity index (χ1v) is 6.65. The molecule has 0 heterocycles.